The summed E-state index contributed by atoms with van der Waals surface area (Å²) in [4.78, 5) is 0.00448. The molecule has 3 aromatic rings. The van der Waals surface area contributed by atoms with Crippen molar-refractivity contribution in [3.63, 3.8) is 0 Å². The van der Waals surface area contributed by atoms with E-state index < -0.39 is 20.0 Å². The third-order valence-corrected chi connectivity index (χ3v) is 8.73. The fourth-order valence-corrected chi connectivity index (χ4v) is 6.77. The first-order chi connectivity index (χ1) is 15.3. The molecule has 7 nitrogen and oxygen atoms in total. The molecule has 1 N–H and O–H groups in total. The fraction of sp³-hybridized carbons (Fsp3) is 0.364. The van der Waals surface area contributed by atoms with Gasteiger partial charge in [-0.25, -0.2) is 25.5 Å². The minimum atomic E-state index is -3.97. The van der Waals surface area contributed by atoms with Gasteiger partial charge in [-0.05, 0) is 49.9 Å². The number of fused-ring (bicyclic) bond motifs is 1. The third kappa shape index (κ3) is 5.60. The number of hydrogen-bond acceptors (Lipinski definition) is 5. The second kappa shape index (κ2) is 10.9. The lowest BCUT2D eigenvalue weighted by Crippen LogP contribution is -2.25. The number of hydrogen-bond donors (Lipinski definition) is 1. The monoisotopic (exact) mass is 542 g/mol. The van der Waals surface area contributed by atoms with Crippen LogP contribution in [0.1, 0.15) is 32.6 Å². The van der Waals surface area contributed by atoms with Gasteiger partial charge in [-0.3, -0.25) is 0 Å². The summed E-state index contributed by atoms with van der Waals surface area (Å²) in [5, 5.41) is 0.326. The number of nitrogens with zero attached hydrogens (tertiary/aromatic N) is 1. The maximum atomic E-state index is 13.2. The lowest BCUT2D eigenvalue weighted by Gasteiger charge is -2.07. The quantitative estimate of drug-likeness (QED) is 0.339. The molecule has 1 aromatic heterocycles. The molecule has 174 valence electrons. The molecule has 0 saturated heterocycles. The van der Waals surface area contributed by atoms with Crippen molar-refractivity contribution >= 4 is 46.9 Å². The Labute approximate surface area is 198 Å². The van der Waals surface area contributed by atoms with Crippen molar-refractivity contribution in [3.8, 4) is 0 Å². The summed E-state index contributed by atoms with van der Waals surface area (Å²) in [6, 6.07) is 12.9. The van der Waals surface area contributed by atoms with Gasteiger partial charge in [-0.1, -0.05) is 47.1 Å². The van der Waals surface area contributed by atoms with Crippen LogP contribution in [0, 0.1) is 0 Å². The Balaban J connectivity index is 1.86. The summed E-state index contributed by atoms with van der Waals surface area (Å²) in [7, 11) is -7.90. The van der Waals surface area contributed by atoms with E-state index in [1.807, 2.05) is 0 Å². The Morgan fingerprint density at radius 3 is 2.41 bits per heavy atom. The molecule has 32 heavy (non-hydrogen) atoms. The molecule has 2 aromatic carbocycles. The zero-order valence-corrected chi connectivity index (χ0v) is 21.0. The van der Waals surface area contributed by atoms with Crippen LogP contribution in [0.15, 0.2) is 69.0 Å². The van der Waals surface area contributed by atoms with Crippen LogP contribution < -0.4 is 4.72 Å². The third-order valence-electron chi connectivity index (χ3n) is 4.91. The first-order valence-electron chi connectivity index (χ1n) is 10.5. The summed E-state index contributed by atoms with van der Waals surface area (Å²) in [6.07, 6.45) is 4.51. The number of nitrogens with one attached hydrogen (secondary N) is 1. The predicted octanol–water partition coefficient (Wildman–Crippen LogP) is 4.52. The van der Waals surface area contributed by atoms with E-state index in [0.29, 0.717) is 22.9 Å². The average Bonchev–Trinajstić information content (AvgIpc) is 3.19. The highest BCUT2D eigenvalue weighted by Gasteiger charge is 2.27. The van der Waals surface area contributed by atoms with Gasteiger partial charge in [0, 0.05) is 35.8 Å². The number of aromatic nitrogens is 1. The van der Waals surface area contributed by atoms with Gasteiger partial charge in [0.05, 0.1) is 10.4 Å². The average molecular weight is 544 g/mol. The topological polar surface area (TPSA) is 94.5 Å². The Hall–Kier alpha value is -1.72. The molecule has 0 aliphatic carbocycles. The fourth-order valence-electron chi connectivity index (χ4n) is 3.33. The number of rotatable bonds is 12. The number of benzene rings is 2. The molecule has 1 heterocycles. The summed E-state index contributed by atoms with van der Waals surface area (Å²) >= 11 is 3.39. The smallest absolute Gasteiger partial charge is 0.268 e. The maximum absolute atomic E-state index is 13.2. The molecule has 0 unspecified atom stereocenters. The summed E-state index contributed by atoms with van der Waals surface area (Å²) in [5.41, 5.74) is 0.289. The standard InChI is InChI=1S/C22H27BrN2O5S2/c1-2-15-30-16-8-4-7-14-24-31(26,27)21-17-25(20-13-9-12-19(23)22(20)21)32(28,29)18-10-5-3-6-11-18/h3,5-6,9-13,17,24H,2,4,7-8,14-16H2,1H3. The zero-order valence-electron chi connectivity index (χ0n) is 17.8. The van der Waals surface area contributed by atoms with Crippen molar-refractivity contribution in [1.29, 1.82) is 0 Å². The highest BCUT2D eigenvalue weighted by molar-refractivity contribution is 9.10. The molecule has 0 fully saturated rings. The van der Waals surface area contributed by atoms with E-state index in [9.17, 15) is 16.8 Å². The van der Waals surface area contributed by atoms with Crippen LogP contribution in [0.4, 0.5) is 0 Å². The molecule has 3 rings (SSSR count). The van der Waals surface area contributed by atoms with Crippen LogP contribution in [0.2, 0.25) is 0 Å². The Kier molecular flexibility index (Phi) is 8.51. The van der Waals surface area contributed by atoms with Gasteiger partial charge < -0.3 is 4.74 Å². The van der Waals surface area contributed by atoms with Crippen molar-refractivity contribution in [3.05, 3.63) is 59.2 Å². The highest BCUT2D eigenvalue weighted by atomic mass is 79.9. The number of ether oxygens (including phenoxy) is 1. The van der Waals surface area contributed by atoms with Crippen molar-refractivity contribution in [2.75, 3.05) is 19.8 Å². The molecule has 0 bridgehead atoms. The van der Waals surface area contributed by atoms with Gasteiger partial charge in [0.1, 0.15) is 4.90 Å². The lowest BCUT2D eigenvalue weighted by molar-refractivity contribution is 0.130. The van der Waals surface area contributed by atoms with Gasteiger partial charge in [-0.15, -0.1) is 0 Å². The minimum Gasteiger partial charge on any atom is -0.381 e. The Morgan fingerprint density at radius 1 is 0.938 bits per heavy atom. The number of sulfonamides is 1. The molecule has 0 amide bonds. The van der Waals surface area contributed by atoms with Crippen LogP contribution in [0.5, 0.6) is 0 Å². The SMILES string of the molecule is CCCOCCCCCNS(=O)(=O)c1cn(S(=O)(=O)c2ccccc2)c2cccc(Br)c12. The van der Waals surface area contributed by atoms with E-state index in [2.05, 4.69) is 27.6 Å². The van der Waals surface area contributed by atoms with Crippen LogP contribution in [0.25, 0.3) is 10.9 Å². The summed E-state index contributed by atoms with van der Waals surface area (Å²) < 4.78 is 62.2. The number of unbranched alkanes of at least 4 members (excludes halogenated alkanes) is 2. The largest absolute Gasteiger partial charge is 0.381 e. The van der Waals surface area contributed by atoms with E-state index >= 15 is 0 Å². The van der Waals surface area contributed by atoms with Gasteiger partial charge in [-0.2, -0.15) is 0 Å². The van der Waals surface area contributed by atoms with E-state index in [1.165, 1.54) is 18.3 Å². The second-order valence-electron chi connectivity index (χ2n) is 7.31. The van der Waals surface area contributed by atoms with Gasteiger partial charge in [0.2, 0.25) is 10.0 Å². The van der Waals surface area contributed by atoms with Gasteiger partial charge in [0.15, 0.2) is 0 Å². The van der Waals surface area contributed by atoms with Crippen LogP contribution >= 0.6 is 15.9 Å². The minimum absolute atomic E-state index is 0.0780. The summed E-state index contributed by atoms with van der Waals surface area (Å²) in [5.74, 6) is 0. The highest BCUT2D eigenvalue weighted by Crippen LogP contribution is 2.34. The molecule has 0 atom stereocenters. The van der Waals surface area contributed by atoms with Crippen molar-refractivity contribution < 1.29 is 21.6 Å². The van der Waals surface area contributed by atoms with E-state index in [4.69, 9.17) is 4.74 Å². The lowest BCUT2D eigenvalue weighted by atomic mass is 10.2. The predicted molar refractivity (Wildman–Crippen MR) is 129 cm³/mol. The van der Waals surface area contributed by atoms with Gasteiger partial charge >= 0.3 is 0 Å². The van der Waals surface area contributed by atoms with Crippen molar-refractivity contribution in [2.45, 2.75) is 42.4 Å². The van der Waals surface area contributed by atoms with Crippen molar-refractivity contribution in [2.24, 2.45) is 0 Å². The van der Waals surface area contributed by atoms with E-state index in [-0.39, 0.29) is 21.9 Å². The molecule has 0 saturated carbocycles. The molecule has 0 aliphatic heterocycles. The molecule has 0 radical (unpaired) electrons. The molecule has 0 spiro atoms. The first kappa shape index (κ1) is 24.9. The van der Waals surface area contributed by atoms with Crippen molar-refractivity contribution in [1.82, 2.24) is 8.69 Å². The number of halogens is 1. The normalized spacial score (nSPS) is 12.4. The molecule has 0 aliphatic rings. The second-order valence-corrected chi connectivity index (χ2v) is 11.7. The Bertz CT molecular complexity index is 1260. The summed E-state index contributed by atoms with van der Waals surface area (Å²) in [6.45, 7) is 3.71. The van der Waals surface area contributed by atoms with Crippen LogP contribution in [-0.2, 0) is 24.8 Å². The van der Waals surface area contributed by atoms with Crippen LogP contribution in [-0.4, -0.2) is 40.6 Å². The van der Waals surface area contributed by atoms with Gasteiger partial charge in [0.25, 0.3) is 10.0 Å². The first-order valence-corrected chi connectivity index (χ1v) is 14.2. The molecular weight excluding hydrogens is 516 g/mol. The maximum Gasteiger partial charge on any atom is 0.268 e. The Morgan fingerprint density at radius 2 is 1.69 bits per heavy atom. The molecule has 10 heteroatoms. The zero-order chi connectivity index (χ0) is 23.2. The molecular formula is C22H27BrN2O5S2. The van der Waals surface area contributed by atoms with Crippen LogP contribution in [0.3, 0.4) is 0 Å². The van der Waals surface area contributed by atoms with E-state index in [1.54, 1.807) is 36.4 Å². The van der Waals surface area contributed by atoms with E-state index in [0.717, 1.165) is 29.8 Å².